The molecular formula is C13H20N2OS. The Morgan fingerprint density at radius 3 is 2.59 bits per heavy atom. The van der Waals surface area contributed by atoms with E-state index in [1.807, 2.05) is 31.7 Å². The number of thioether (sulfide) groups is 1. The molecular weight excluding hydrogens is 232 g/mol. The van der Waals surface area contributed by atoms with E-state index in [0.717, 1.165) is 17.9 Å². The van der Waals surface area contributed by atoms with E-state index in [-0.39, 0.29) is 5.41 Å². The van der Waals surface area contributed by atoms with Gasteiger partial charge >= 0.3 is 0 Å². The number of nitrogens with two attached hydrogens (primary N) is 1. The van der Waals surface area contributed by atoms with E-state index < -0.39 is 0 Å². The van der Waals surface area contributed by atoms with Crippen molar-refractivity contribution in [3.8, 4) is 0 Å². The molecule has 0 atom stereocenters. The fraction of sp³-hybridized carbons (Fsp3) is 0.462. The van der Waals surface area contributed by atoms with Crippen molar-refractivity contribution in [2.45, 2.75) is 26.0 Å². The van der Waals surface area contributed by atoms with E-state index in [9.17, 15) is 0 Å². The first-order valence-corrected chi connectivity index (χ1v) is 6.81. The third-order valence-corrected chi connectivity index (χ3v) is 3.81. The monoisotopic (exact) mass is 252 g/mol. The second-order valence-electron chi connectivity index (χ2n) is 4.66. The molecule has 1 aromatic carbocycles. The number of hydrogen-bond acceptors (Lipinski definition) is 3. The van der Waals surface area contributed by atoms with Crippen LogP contribution in [0.1, 0.15) is 25.8 Å². The van der Waals surface area contributed by atoms with Gasteiger partial charge in [-0.2, -0.15) is 11.8 Å². The van der Waals surface area contributed by atoms with Gasteiger partial charge in [-0.05, 0) is 17.7 Å². The van der Waals surface area contributed by atoms with Crippen LogP contribution in [0.5, 0.6) is 0 Å². The van der Waals surface area contributed by atoms with Gasteiger partial charge < -0.3 is 10.9 Å². The molecule has 17 heavy (non-hydrogen) atoms. The molecule has 0 aliphatic rings. The zero-order chi connectivity index (χ0) is 12.7. The molecule has 0 bridgehead atoms. The Labute approximate surface area is 107 Å². The number of amidine groups is 1. The van der Waals surface area contributed by atoms with Crippen LogP contribution < -0.4 is 5.73 Å². The summed E-state index contributed by atoms with van der Waals surface area (Å²) in [6.45, 7) is 3.98. The van der Waals surface area contributed by atoms with Crippen LogP contribution >= 0.6 is 11.8 Å². The molecule has 0 radical (unpaired) electrons. The van der Waals surface area contributed by atoms with Crippen LogP contribution in [0.15, 0.2) is 35.5 Å². The topological polar surface area (TPSA) is 58.6 Å². The van der Waals surface area contributed by atoms with Crippen LogP contribution in [0.3, 0.4) is 0 Å². The van der Waals surface area contributed by atoms with Crippen LogP contribution in [0.25, 0.3) is 0 Å². The smallest absolute Gasteiger partial charge is 0.144 e. The molecule has 0 heterocycles. The Morgan fingerprint density at radius 2 is 2.00 bits per heavy atom. The summed E-state index contributed by atoms with van der Waals surface area (Å²) in [5.41, 5.74) is 6.73. The zero-order valence-electron chi connectivity index (χ0n) is 10.4. The highest BCUT2D eigenvalue weighted by Gasteiger charge is 2.22. The van der Waals surface area contributed by atoms with Crippen LogP contribution in [0, 0.1) is 5.41 Å². The summed E-state index contributed by atoms with van der Waals surface area (Å²) in [5.74, 6) is 2.31. The molecule has 0 saturated carbocycles. The Bertz CT molecular complexity index is 363. The highest BCUT2D eigenvalue weighted by molar-refractivity contribution is 7.98. The molecule has 0 unspecified atom stereocenters. The minimum atomic E-state index is -0.238. The Kier molecular flexibility index (Phi) is 5.35. The molecule has 0 amide bonds. The highest BCUT2D eigenvalue weighted by atomic mass is 32.2. The first kappa shape index (κ1) is 13.9. The maximum absolute atomic E-state index is 8.66. The van der Waals surface area contributed by atoms with Crippen LogP contribution in [-0.2, 0) is 5.75 Å². The van der Waals surface area contributed by atoms with E-state index in [1.54, 1.807) is 0 Å². The van der Waals surface area contributed by atoms with Gasteiger partial charge in [0.25, 0.3) is 0 Å². The number of benzene rings is 1. The minimum absolute atomic E-state index is 0.238. The molecule has 0 saturated heterocycles. The van der Waals surface area contributed by atoms with E-state index in [1.165, 1.54) is 5.56 Å². The molecule has 0 aliphatic carbocycles. The van der Waals surface area contributed by atoms with E-state index in [0.29, 0.717) is 5.84 Å². The summed E-state index contributed by atoms with van der Waals surface area (Å²) >= 11 is 1.87. The van der Waals surface area contributed by atoms with Gasteiger partial charge in [-0.3, -0.25) is 0 Å². The fourth-order valence-electron chi connectivity index (χ4n) is 1.36. The van der Waals surface area contributed by atoms with Crippen LogP contribution in [-0.4, -0.2) is 16.8 Å². The standard InChI is InChI=1S/C13H20N2OS/c1-13(2,12(14)15-16)8-9-17-10-11-6-4-3-5-7-11/h3-7,16H,8-10H2,1-2H3,(H2,14,15). The summed E-state index contributed by atoms with van der Waals surface area (Å²) < 4.78 is 0. The average molecular weight is 252 g/mol. The molecule has 0 aliphatic heterocycles. The van der Waals surface area contributed by atoms with Crippen molar-refractivity contribution in [1.82, 2.24) is 0 Å². The van der Waals surface area contributed by atoms with Gasteiger partial charge in [0.05, 0.1) is 0 Å². The minimum Gasteiger partial charge on any atom is -0.409 e. The average Bonchev–Trinajstić information content (AvgIpc) is 2.35. The predicted molar refractivity (Wildman–Crippen MR) is 74.4 cm³/mol. The zero-order valence-corrected chi connectivity index (χ0v) is 11.2. The molecule has 0 fully saturated rings. The van der Waals surface area contributed by atoms with Gasteiger partial charge in [0.2, 0.25) is 0 Å². The van der Waals surface area contributed by atoms with Crippen molar-refractivity contribution in [1.29, 1.82) is 0 Å². The molecule has 94 valence electrons. The lowest BCUT2D eigenvalue weighted by atomic mass is 9.89. The summed E-state index contributed by atoms with van der Waals surface area (Å²) in [7, 11) is 0. The van der Waals surface area contributed by atoms with Gasteiger partial charge in [-0.1, -0.05) is 49.3 Å². The van der Waals surface area contributed by atoms with E-state index >= 15 is 0 Å². The van der Waals surface area contributed by atoms with Crippen molar-refractivity contribution in [3.05, 3.63) is 35.9 Å². The number of hydrogen-bond donors (Lipinski definition) is 2. The molecule has 1 aromatic rings. The molecule has 0 aromatic heterocycles. The fourth-order valence-corrected chi connectivity index (χ4v) is 2.58. The summed E-state index contributed by atoms with van der Waals surface area (Å²) in [4.78, 5) is 0. The van der Waals surface area contributed by atoms with Crippen molar-refractivity contribution >= 4 is 17.6 Å². The second kappa shape index (κ2) is 6.55. The lowest BCUT2D eigenvalue weighted by molar-refractivity contribution is 0.307. The molecule has 4 heteroatoms. The quantitative estimate of drug-likeness (QED) is 0.269. The van der Waals surface area contributed by atoms with Gasteiger partial charge in [0.1, 0.15) is 5.84 Å². The van der Waals surface area contributed by atoms with Crippen LogP contribution in [0.2, 0.25) is 0 Å². The summed E-state index contributed by atoms with van der Waals surface area (Å²) in [6, 6.07) is 10.4. The molecule has 3 nitrogen and oxygen atoms in total. The third-order valence-electron chi connectivity index (χ3n) is 2.78. The van der Waals surface area contributed by atoms with Crippen molar-refractivity contribution in [3.63, 3.8) is 0 Å². The second-order valence-corrected chi connectivity index (χ2v) is 5.76. The summed E-state index contributed by atoms with van der Waals surface area (Å²) in [6.07, 6.45) is 0.903. The SMILES string of the molecule is CC(C)(CCSCc1ccccc1)C(N)=NO. The molecule has 3 N–H and O–H groups in total. The Balaban J connectivity index is 2.29. The van der Waals surface area contributed by atoms with E-state index in [4.69, 9.17) is 10.9 Å². The predicted octanol–water partition coefficient (Wildman–Crippen LogP) is 3.08. The van der Waals surface area contributed by atoms with Gasteiger partial charge in [0.15, 0.2) is 0 Å². The van der Waals surface area contributed by atoms with E-state index in [2.05, 4.69) is 29.4 Å². The lowest BCUT2D eigenvalue weighted by Gasteiger charge is -2.22. The Morgan fingerprint density at radius 1 is 1.35 bits per heavy atom. The maximum atomic E-state index is 8.66. The first-order valence-electron chi connectivity index (χ1n) is 5.66. The molecule has 1 rings (SSSR count). The van der Waals surface area contributed by atoms with Crippen LogP contribution in [0.4, 0.5) is 0 Å². The number of rotatable bonds is 6. The van der Waals surface area contributed by atoms with Crippen molar-refractivity contribution < 1.29 is 5.21 Å². The maximum Gasteiger partial charge on any atom is 0.144 e. The molecule has 0 spiro atoms. The van der Waals surface area contributed by atoms with Gasteiger partial charge in [0, 0.05) is 11.2 Å². The highest BCUT2D eigenvalue weighted by Crippen LogP contribution is 2.24. The largest absolute Gasteiger partial charge is 0.409 e. The normalized spacial score (nSPS) is 12.7. The third kappa shape index (κ3) is 4.69. The first-order chi connectivity index (χ1) is 8.06. The summed E-state index contributed by atoms with van der Waals surface area (Å²) in [5, 5.41) is 11.7. The van der Waals surface area contributed by atoms with Gasteiger partial charge in [-0.15, -0.1) is 0 Å². The lowest BCUT2D eigenvalue weighted by Crippen LogP contribution is -2.32. The van der Waals surface area contributed by atoms with Crippen molar-refractivity contribution in [2.24, 2.45) is 16.3 Å². The van der Waals surface area contributed by atoms with Gasteiger partial charge in [-0.25, -0.2) is 0 Å². The number of nitrogens with zero attached hydrogens (tertiary/aromatic N) is 1. The van der Waals surface area contributed by atoms with Crippen molar-refractivity contribution in [2.75, 3.05) is 5.75 Å². The number of oxime groups is 1. The Hall–Kier alpha value is -1.16.